The number of carbonyl (C=O) groups is 10. The van der Waals surface area contributed by atoms with Crippen LogP contribution >= 0.6 is 36.2 Å². The third-order valence-corrected chi connectivity index (χ3v) is 10.3. The Labute approximate surface area is 528 Å². The molecule has 11 atom stereocenters. The Morgan fingerprint density at radius 3 is 0.908 bits per heavy atom. The van der Waals surface area contributed by atoms with E-state index in [1.807, 2.05) is 13.8 Å². The van der Waals surface area contributed by atoms with Gasteiger partial charge in [0.15, 0.2) is 48.8 Å². The molecule has 7 unspecified atom stereocenters. The minimum absolute atomic E-state index is 0. The number of ether oxygens (including phenoxy) is 11. The fourth-order valence-electron chi connectivity index (χ4n) is 3.79. The normalized spacial score (nSPS) is 15.4. The van der Waals surface area contributed by atoms with Crippen LogP contribution in [0.25, 0.3) is 0 Å². The third kappa shape index (κ3) is 64.2. The van der Waals surface area contributed by atoms with Crippen molar-refractivity contribution in [2.75, 3.05) is 66.6 Å². The van der Waals surface area contributed by atoms with E-state index in [1.165, 1.54) is 83.0 Å². The van der Waals surface area contributed by atoms with Crippen LogP contribution < -0.4 is 0 Å². The zero-order valence-corrected chi connectivity index (χ0v) is 49.8. The first-order chi connectivity index (χ1) is 36.0. The van der Waals surface area contributed by atoms with Gasteiger partial charge in [0.2, 0.25) is 0 Å². The molecule has 1 aliphatic rings. The molecule has 0 bridgehead atoms. The molecule has 34 heteroatoms. The summed E-state index contributed by atoms with van der Waals surface area (Å²) in [4.78, 5) is 114. The molecule has 1 heterocycles. The Morgan fingerprint density at radius 2 is 0.713 bits per heavy atom. The molecule has 0 aromatic carbocycles. The van der Waals surface area contributed by atoms with Gasteiger partial charge in [0.1, 0.15) is 38.6 Å². The van der Waals surface area contributed by atoms with E-state index in [9.17, 15) is 57.1 Å². The zero-order valence-electron chi connectivity index (χ0n) is 46.5. The van der Waals surface area contributed by atoms with Crippen LogP contribution in [0.2, 0.25) is 0 Å². The van der Waals surface area contributed by atoms with Gasteiger partial charge in [0.25, 0.3) is 0 Å². The van der Waals surface area contributed by atoms with E-state index in [0.717, 1.165) is 0 Å². The summed E-state index contributed by atoms with van der Waals surface area (Å²) in [5.74, 6) is -8.06. The SMILES string of the molecule is C.C.C.C.C.C.C.C.C.CC.CC(O)C(=O)O[C@@H](C)C(=O)OCCOC(=O)C(C)OC(=O)[C@@H](C)O.CCOP(=O)(Cl)Cl.CCOP(C)(=O)OC(C)C(=O)OC(C)C(=O)OCCOC(=O)C(C)OC(=O)C(C)OC.C[C@@H]1OC(=O)[C@H](C)OC1=O.OCCO. The topological polar surface area (TPSA) is 415 Å². The molecular weight excluding hydrogens is 1250 g/mol. The standard InChI is InChI=1S/C18H31O12P.C14H22O10.C6H8O4.C2H5Cl2O2P.C2H6O2.C2H6.9CH4/c1-8-27-31(7,23)30-14(5)18(22)29-13(4)16(20)26-10-9-25-15(19)12(3)28-17(21)11(2)24-6;1-7(15)11(17)23-9(3)13(19)21-5-6-22-14(20)10(4)24-12(18)8(2)16;1-3-5(7)10-4(2)6(8)9-3;1-2-6-7(3,4)5;3-1-2-4;1-2;;;;;;;;;/h11-14H,8-10H2,1-7H3;7-10,15-16H,5-6H2,1-4H3;3-4H,1-2H3;2H2,1H3;3-4H,1-2H2;1-2H3;9*1H4/t;7-,8?,9?,10+;3-,4-;;;;;;;;;;;;/m.10............/s1. The molecule has 1 rings (SSSR count). The number of esters is 10. The van der Waals surface area contributed by atoms with Crippen molar-refractivity contribution in [2.45, 2.75) is 225 Å². The number of aliphatic hydroxyl groups is 4. The van der Waals surface area contributed by atoms with E-state index < -0.39 is 134 Å². The number of halogens is 2. The molecule has 0 amide bonds. The van der Waals surface area contributed by atoms with Crippen LogP contribution in [0.4, 0.5) is 0 Å². The van der Waals surface area contributed by atoms with E-state index in [2.05, 4.69) is 23.5 Å². The maximum Gasteiger partial charge on any atom is 0.380 e. The molecule has 530 valence electrons. The van der Waals surface area contributed by atoms with E-state index in [4.69, 9.17) is 85.1 Å². The van der Waals surface area contributed by atoms with Crippen molar-refractivity contribution in [2.24, 2.45) is 0 Å². The summed E-state index contributed by atoms with van der Waals surface area (Å²) in [7, 11) is -2.11. The monoisotopic (exact) mass is 1360 g/mol. The number of rotatable bonds is 26. The van der Waals surface area contributed by atoms with Gasteiger partial charge in [-0.15, -0.1) is 0 Å². The Kier molecular flexibility index (Phi) is 88.3. The molecule has 0 radical (unpaired) electrons. The lowest BCUT2D eigenvalue weighted by Gasteiger charge is -2.22. The molecule has 1 saturated heterocycles. The number of hydrogen-bond acceptors (Lipinski definition) is 30. The van der Waals surface area contributed by atoms with Crippen molar-refractivity contribution in [3.63, 3.8) is 0 Å². The lowest BCUT2D eigenvalue weighted by molar-refractivity contribution is -0.191. The number of aliphatic hydroxyl groups excluding tert-OH is 4. The van der Waals surface area contributed by atoms with Gasteiger partial charge in [0.05, 0.1) is 26.4 Å². The summed E-state index contributed by atoms with van der Waals surface area (Å²) < 4.78 is 88.3. The predicted molar refractivity (Wildman–Crippen MR) is 330 cm³/mol. The first-order valence-electron chi connectivity index (χ1n) is 23.5. The van der Waals surface area contributed by atoms with Crippen LogP contribution in [-0.2, 0) is 123 Å². The fraction of sp³-hybridized carbons (Fsp3) is 0.811. The maximum absolute atomic E-state index is 11.9. The first kappa shape index (κ1) is 117. The van der Waals surface area contributed by atoms with Crippen LogP contribution in [-0.4, -0.2) is 208 Å². The summed E-state index contributed by atoms with van der Waals surface area (Å²) in [6.45, 7) is 20.6. The molecule has 0 saturated carbocycles. The van der Waals surface area contributed by atoms with Gasteiger partial charge in [-0.1, -0.05) is 80.7 Å². The second-order valence-electron chi connectivity index (χ2n) is 14.6. The molecule has 0 aliphatic carbocycles. The molecule has 30 nitrogen and oxygen atoms in total. The third-order valence-electron chi connectivity index (χ3n) is 7.69. The van der Waals surface area contributed by atoms with Gasteiger partial charge in [-0.25, -0.2) is 47.9 Å². The van der Waals surface area contributed by atoms with Gasteiger partial charge in [-0.3, -0.25) is 13.7 Å². The summed E-state index contributed by atoms with van der Waals surface area (Å²) in [6.07, 6.45) is -14.4. The highest BCUT2D eigenvalue weighted by Gasteiger charge is 2.33. The molecule has 1 aliphatic heterocycles. The average molecular weight is 1360 g/mol. The molecule has 1 fully saturated rings. The highest BCUT2D eigenvalue weighted by molar-refractivity contribution is 8.05. The van der Waals surface area contributed by atoms with Gasteiger partial charge in [-0.05, 0) is 106 Å². The Balaban J connectivity index is -0.0000000702. The molecule has 87 heavy (non-hydrogen) atoms. The van der Waals surface area contributed by atoms with Crippen LogP contribution in [0.1, 0.15) is 164 Å². The van der Waals surface area contributed by atoms with Crippen molar-refractivity contribution >= 4 is 95.8 Å². The van der Waals surface area contributed by atoms with Crippen molar-refractivity contribution in [1.82, 2.24) is 0 Å². The second kappa shape index (κ2) is 65.9. The van der Waals surface area contributed by atoms with Crippen molar-refractivity contribution in [3.05, 3.63) is 0 Å². The number of hydrogen-bond donors (Lipinski definition) is 4. The quantitative estimate of drug-likeness (QED) is 0.0275. The molecule has 4 N–H and O–H groups in total. The largest absolute Gasteiger partial charge is 0.459 e. The summed E-state index contributed by atoms with van der Waals surface area (Å²) >= 11 is 9.86. The van der Waals surface area contributed by atoms with E-state index >= 15 is 0 Å². The Bertz CT molecular complexity index is 1840. The van der Waals surface area contributed by atoms with E-state index in [0.29, 0.717) is 0 Å². The maximum atomic E-state index is 11.9. The van der Waals surface area contributed by atoms with Gasteiger partial charge in [-0.2, -0.15) is 0 Å². The molecule has 0 aromatic rings. The van der Waals surface area contributed by atoms with Gasteiger partial charge in [0, 0.05) is 13.8 Å². The molecule has 0 spiro atoms. The summed E-state index contributed by atoms with van der Waals surface area (Å²) in [6, 6.07) is 0. The number of methoxy groups -OCH3 is 1. The summed E-state index contributed by atoms with van der Waals surface area (Å²) in [5.41, 5.74) is 0. The van der Waals surface area contributed by atoms with Crippen LogP contribution in [0, 0.1) is 0 Å². The van der Waals surface area contributed by atoms with E-state index in [-0.39, 0.29) is 120 Å². The second-order valence-corrected chi connectivity index (χ2v) is 20.9. The zero-order chi connectivity index (χ0) is 62.1. The highest BCUT2D eigenvalue weighted by atomic mass is 35.9. The predicted octanol–water partition coefficient (Wildman–Crippen LogP) is 8.13. The summed E-state index contributed by atoms with van der Waals surface area (Å²) in [5, 5.41) is 33.1. The Hall–Kier alpha value is -4.58. The average Bonchev–Trinajstić information content (AvgIpc) is 3.35. The van der Waals surface area contributed by atoms with Gasteiger partial charge < -0.3 is 81.6 Å². The van der Waals surface area contributed by atoms with Crippen molar-refractivity contribution in [3.8, 4) is 0 Å². The van der Waals surface area contributed by atoms with Crippen molar-refractivity contribution < 1.29 is 143 Å². The number of carbonyl (C=O) groups excluding carboxylic acids is 10. The van der Waals surface area contributed by atoms with Crippen molar-refractivity contribution in [1.29, 1.82) is 0 Å². The number of cyclic esters (lactones) is 2. The lowest BCUT2D eigenvalue weighted by atomic mass is 10.3. The van der Waals surface area contributed by atoms with Crippen LogP contribution in [0.5, 0.6) is 0 Å². The molecule has 0 aromatic heterocycles. The highest BCUT2D eigenvalue weighted by Crippen LogP contribution is 2.57. The first-order valence-corrected chi connectivity index (χ1v) is 29.0. The van der Waals surface area contributed by atoms with E-state index in [1.54, 1.807) is 13.8 Å². The molecular formula is C53H114Cl2O30P2. The Morgan fingerprint density at radius 1 is 0.471 bits per heavy atom. The van der Waals surface area contributed by atoms with Crippen LogP contribution in [0.3, 0.4) is 0 Å². The fourth-order valence-corrected chi connectivity index (χ4v) is 5.87. The minimum atomic E-state index is -3.43. The van der Waals surface area contributed by atoms with Gasteiger partial charge >= 0.3 is 73.4 Å². The lowest BCUT2D eigenvalue weighted by Crippen LogP contribution is -2.40. The van der Waals surface area contributed by atoms with Crippen LogP contribution in [0.15, 0.2) is 0 Å². The smallest absolute Gasteiger partial charge is 0.380 e. The minimum Gasteiger partial charge on any atom is -0.459 e.